The Bertz CT molecular complexity index is 216. The van der Waals surface area contributed by atoms with E-state index in [1.165, 1.54) is 25.7 Å². The van der Waals surface area contributed by atoms with Crippen LogP contribution in [0.5, 0.6) is 0 Å². The number of aliphatic carboxylic acids is 1. The van der Waals surface area contributed by atoms with Crippen LogP contribution in [-0.2, 0) is 9.53 Å². The van der Waals surface area contributed by atoms with Gasteiger partial charge in [0, 0.05) is 6.61 Å². The third kappa shape index (κ3) is 5.53. The summed E-state index contributed by atoms with van der Waals surface area (Å²) in [7, 11) is 0. The first-order chi connectivity index (χ1) is 8.25. The Kier molecular flexibility index (Phi) is 7.25. The van der Waals surface area contributed by atoms with Crippen LogP contribution in [0.25, 0.3) is 0 Å². The molecule has 2 unspecified atom stereocenters. The first-order valence-corrected chi connectivity index (χ1v) is 7.10. The lowest BCUT2D eigenvalue weighted by molar-refractivity contribution is -0.149. The zero-order chi connectivity index (χ0) is 12.5. The molecule has 0 saturated heterocycles. The number of carboxylic acids is 1. The minimum Gasteiger partial charge on any atom is -0.481 e. The smallest absolute Gasteiger partial charge is 0.309 e. The van der Waals surface area contributed by atoms with Gasteiger partial charge in [0.25, 0.3) is 0 Å². The van der Waals surface area contributed by atoms with Gasteiger partial charge in [0.1, 0.15) is 0 Å². The topological polar surface area (TPSA) is 46.5 Å². The standard InChI is InChI=1S/C14H26O3/c1-2-3-4-5-8-11-17-13-10-7-6-9-12(13)14(15)16/h12-13H,2-11H2,1H3,(H,15,16). The van der Waals surface area contributed by atoms with E-state index in [-0.39, 0.29) is 12.0 Å². The maximum atomic E-state index is 11.1. The lowest BCUT2D eigenvalue weighted by Crippen LogP contribution is -2.33. The Labute approximate surface area is 105 Å². The fraction of sp³-hybridized carbons (Fsp3) is 0.929. The zero-order valence-corrected chi connectivity index (χ0v) is 11.0. The van der Waals surface area contributed by atoms with Crippen molar-refractivity contribution < 1.29 is 14.6 Å². The maximum absolute atomic E-state index is 11.1. The van der Waals surface area contributed by atoms with Gasteiger partial charge in [-0.2, -0.15) is 0 Å². The number of rotatable bonds is 8. The molecule has 1 aliphatic rings. The summed E-state index contributed by atoms with van der Waals surface area (Å²) in [6.07, 6.45) is 9.92. The Morgan fingerprint density at radius 1 is 1.18 bits per heavy atom. The highest BCUT2D eigenvalue weighted by Gasteiger charge is 2.31. The molecule has 1 N–H and O–H groups in total. The van der Waals surface area contributed by atoms with Crippen molar-refractivity contribution in [2.75, 3.05) is 6.61 Å². The maximum Gasteiger partial charge on any atom is 0.309 e. The molecule has 0 radical (unpaired) electrons. The SMILES string of the molecule is CCCCCCCOC1CCCCC1C(=O)O. The van der Waals surface area contributed by atoms with E-state index >= 15 is 0 Å². The molecule has 3 nitrogen and oxygen atoms in total. The van der Waals surface area contributed by atoms with Gasteiger partial charge in [-0.1, -0.05) is 45.4 Å². The molecule has 1 aliphatic carbocycles. The molecule has 0 spiro atoms. The van der Waals surface area contributed by atoms with Crippen LogP contribution in [0, 0.1) is 5.92 Å². The Morgan fingerprint density at radius 3 is 2.59 bits per heavy atom. The molecule has 17 heavy (non-hydrogen) atoms. The summed E-state index contributed by atoms with van der Waals surface area (Å²) < 4.78 is 5.76. The number of ether oxygens (including phenoxy) is 1. The average molecular weight is 242 g/mol. The molecule has 0 heterocycles. The van der Waals surface area contributed by atoms with Crippen molar-refractivity contribution in [2.45, 2.75) is 70.8 Å². The van der Waals surface area contributed by atoms with E-state index < -0.39 is 5.97 Å². The molecule has 0 aliphatic heterocycles. The van der Waals surface area contributed by atoms with E-state index in [9.17, 15) is 4.79 Å². The number of carbonyl (C=O) groups is 1. The Balaban J connectivity index is 2.13. The summed E-state index contributed by atoms with van der Waals surface area (Å²) in [5.41, 5.74) is 0. The van der Waals surface area contributed by atoms with Crippen molar-refractivity contribution in [2.24, 2.45) is 5.92 Å². The van der Waals surface area contributed by atoms with Gasteiger partial charge in [-0.25, -0.2) is 0 Å². The van der Waals surface area contributed by atoms with E-state index in [0.717, 1.165) is 38.7 Å². The number of hydrogen-bond acceptors (Lipinski definition) is 2. The first-order valence-electron chi connectivity index (χ1n) is 7.10. The van der Waals surface area contributed by atoms with Gasteiger partial charge in [-0.15, -0.1) is 0 Å². The van der Waals surface area contributed by atoms with Gasteiger partial charge in [0.05, 0.1) is 12.0 Å². The van der Waals surface area contributed by atoms with Gasteiger partial charge < -0.3 is 9.84 Å². The van der Waals surface area contributed by atoms with Gasteiger partial charge >= 0.3 is 5.97 Å². The lowest BCUT2D eigenvalue weighted by Gasteiger charge is -2.28. The van der Waals surface area contributed by atoms with Gasteiger partial charge in [-0.3, -0.25) is 4.79 Å². The van der Waals surface area contributed by atoms with Crippen molar-refractivity contribution in [3.63, 3.8) is 0 Å². The largest absolute Gasteiger partial charge is 0.481 e. The van der Waals surface area contributed by atoms with Crippen LogP contribution in [0.15, 0.2) is 0 Å². The van der Waals surface area contributed by atoms with Crippen LogP contribution < -0.4 is 0 Å². The van der Waals surface area contributed by atoms with Crippen molar-refractivity contribution in [1.29, 1.82) is 0 Å². The minimum absolute atomic E-state index is 0.0348. The normalized spacial score (nSPS) is 24.8. The predicted molar refractivity (Wildman–Crippen MR) is 68.1 cm³/mol. The number of hydrogen-bond donors (Lipinski definition) is 1. The van der Waals surface area contributed by atoms with E-state index in [0.29, 0.717) is 0 Å². The molecule has 2 atom stereocenters. The van der Waals surface area contributed by atoms with Crippen molar-refractivity contribution in [3.05, 3.63) is 0 Å². The van der Waals surface area contributed by atoms with Crippen molar-refractivity contribution >= 4 is 5.97 Å². The van der Waals surface area contributed by atoms with Gasteiger partial charge in [0.2, 0.25) is 0 Å². The number of carboxylic acid groups (broad SMARTS) is 1. The van der Waals surface area contributed by atoms with Crippen LogP contribution in [0.4, 0.5) is 0 Å². The summed E-state index contributed by atoms with van der Waals surface area (Å²) in [6.45, 7) is 2.94. The van der Waals surface area contributed by atoms with Crippen molar-refractivity contribution in [3.8, 4) is 0 Å². The van der Waals surface area contributed by atoms with Crippen LogP contribution in [-0.4, -0.2) is 23.8 Å². The Morgan fingerprint density at radius 2 is 1.88 bits per heavy atom. The third-order valence-electron chi connectivity index (χ3n) is 3.60. The second-order valence-corrected chi connectivity index (χ2v) is 5.05. The Hall–Kier alpha value is -0.570. The highest BCUT2D eigenvalue weighted by molar-refractivity contribution is 5.70. The molecular weight excluding hydrogens is 216 g/mol. The molecule has 0 bridgehead atoms. The second kappa shape index (κ2) is 8.51. The number of unbranched alkanes of at least 4 members (excludes halogenated alkanes) is 4. The monoisotopic (exact) mass is 242 g/mol. The summed E-state index contributed by atoms with van der Waals surface area (Å²) in [6, 6.07) is 0. The van der Waals surface area contributed by atoms with Crippen LogP contribution in [0.1, 0.15) is 64.7 Å². The molecule has 3 heteroatoms. The van der Waals surface area contributed by atoms with E-state index in [1.54, 1.807) is 0 Å². The van der Waals surface area contributed by atoms with Crippen LogP contribution in [0.2, 0.25) is 0 Å². The molecule has 0 aromatic carbocycles. The van der Waals surface area contributed by atoms with Crippen molar-refractivity contribution in [1.82, 2.24) is 0 Å². The summed E-state index contributed by atoms with van der Waals surface area (Å²) in [5.74, 6) is -0.944. The second-order valence-electron chi connectivity index (χ2n) is 5.05. The summed E-state index contributed by atoms with van der Waals surface area (Å²) in [4.78, 5) is 11.1. The van der Waals surface area contributed by atoms with E-state index in [2.05, 4.69) is 6.92 Å². The van der Waals surface area contributed by atoms with E-state index in [1.807, 2.05) is 0 Å². The molecule has 100 valence electrons. The summed E-state index contributed by atoms with van der Waals surface area (Å²) >= 11 is 0. The fourth-order valence-corrected chi connectivity index (χ4v) is 2.52. The van der Waals surface area contributed by atoms with Crippen LogP contribution >= 0.6 is 0 Å². The van der Waals surface area contributed by atoms with Gasteiger partial charge in [0.15, 0.2) is 0 Å². The molecule has 0 aromatic heterocycles. The quantitative estimate of drug-likeness (QED) is 0.661. The molecule has 1 rings (SSSR count). The molecule has 1 fully saturated rings. The molecule has 1 saturated carbocycles. The average Bonchev–Trinajstić information content (AvgIpc) is 2.34. The first kappa shape index (κ1) is 14.5. The highest BCUT2D eigenvalue weighted by atomic mass is 16.5. The fourth-order valence-electron chi connectivity index (χ4n) is 2.52. The zero-order valence-electron chi connectivity index (χ0n) is 11.0. The van der Waals surface area contributed by atoms with Gasteiger partial charge in [-0.05, 0) is 19.3 Å². The minimum atomic E-state index is -0.680. The lowest BCUT2D eigenvalue weighted by atomic mass is 9.86. The third-order valence-corrected chi connectivity index (χ3v) is 3.60. The highest BCUT2D eigenvalue weighted by Crippen LogP contribution is 2.27. The molecule has 0 aromatic rings. The van der Waals surface area contributed by atoms with Crippen LogP contribution in [0.3, 0.4) is 0 Å². The van der Waals surface area contributed by atoms with E-state index in [4.69, 9.17) is 9.84 Å². The molecular formula is C14H26O3. The predicted octanol–water partition coefficient (Wildman–Crippen LogP) is 3.62. The summed E-state index contributed by atoms with van der Waals surface area (Å²) in [5, 5.41) is 9.10. The molecule has 0 amide bonds.